The van der Waals surface area contributed by atoms with Crippen LogP contribution in [0.1, 0.15) is 37.4 Å². The lowest BCUT2D eigenvalue weighted by Gasteiger charge is -2.29. The molecule has 1 aromatic carbocycles. The molecule has 1 rings (SSSR count). The van der Waals surface area contributed by atoms with Crippen molar-refractivity contribution in [2.45, 2.75) is 39.3 Å². The summed E-state index contributed by atoms with van der Waals surface area (Å²) < 4.78 is 5.26. The molecule has 20 heavy (non-hydrogen) atoms. The van der Waals surface area contributed by atoms with Crippen LogP contribution >= 0.6 is 0 Å². The van der Waals surface area contributed by atoms with E-state index < -0.39 is 0 Å². The Morgan fingerprint density at radius 1 is 1.25 bits per heavy atom. The van der Waals surface area contributed by atoms with Gasteiger partial charge in [0.25, 0.3) is 0 Å². The van der Waals surface area contributed by atoms with Gasteiger partial charge in [-0.1, -0.05) is 36.8 Å². The molecule has 0 amide bonds. The van der Waals surface area contributed by atoms with Gasteiger partial charge >= 0.3 is 0 Å². The van der Waals surface area contributed by atoms with Crippen molar-refractivity contribution in [2.24, 2.45) is 0 Å². The summed E-state index contributed by atoms with van der Waals surface area (Å²) in [5.41, 5.74) is 2.68. The van der Waals surface area contributed by atoms with Gasteiger partial charge in [0.1, 0.15) is 0 Å². The van der Waals surface area contributed by atoms with Crippen LogP contribution in [0.15, 0.2) is 24.3 Å². The number of nitrogens with one attached hydrogen (secondary N) is 1. The van der Waals surface area contributed by atoms with Gasteiger partial charge in [-0.05, 0) is 39.4 Å². The Bertz CT molecular complexity index is 364. The number of methoxy groups -OCH3 is 1. The predicted molar refractivity (Wildman–Crippen MR) is 86.2 cm³/mol. The third kappa shape index (κ3) is 5.23. The Morgan fingerprint density at radius 2 is 1.90 bits per heavy atom. The van der Waals surface area contributed by atoms with Gasteiger partial charge in [0, 0.05) is 25.7 Å². The summed E-state index contributed by atoms with van der Waals surface area (Å²) in [6.07, 6.45) is 1.11. The number of benzene rings is 1. The fourth-order valence-electron chi connectivity index (χ4n) is 2.61. The molecule has 1 N–H and O–H groups in total. The van der Waals surface area contributed by atoms with Gasteiger partial charge in [-0.15, -0.1) is 0 Å². The molecule has 0 fully saturated rings. The van der Waals surface area contributed by atoms with Crippen molar-refractivity contribution >= 4 is 0 Å². The molecule has 0 aliphatic heterocycles. The smallest absolute Gasteiger partial charge is 0.0615 e. The largest absolute Gasteiger partial charge is 0.383 e. The van der Waals surface area contributed by atoms with Gasteiger partial charge < -0.3 is 10.1 Å². The maximum absolute atomic E-state index is 5.26. The molecule has 2 atom stereocenters. The van der Waals surface area contributed by atoms with Crippen molar-refractivity contribution in [1.82, 2.24) is 10.2 Å². The van der Waals surface area contributed by atoms with Gasteiger partial charge in [-0.2, -0.15) is 0 Å². The first-order valence-corrected chi connectivity index (χ1v) is 7.59. The molecule has 3 nitrogen and oxygen atoms in total. The van der Waals surface area contributed by atoms with E-state index >= 15 is 0 Å². The zero-order valence-corrected chi connectivity index (χ0v) is 13.6. The van der Waals surface area contributed by atoms with Crippen LogP contribution in [0.25, 0.3) is 0 Å². The molecule has 0 spiro atoms. The highest BCUT2D eigenvalue weighted by molar-refractivity contribution is 5.24. The number of nitrogens with zero attached hydrogens (tertiary/aromatic N) is 1. The normalized spacial score (nSPS) is 14.5. The van der Waals surface area contributed by atoms with Crippen LogP contribution in [0.4, 0.5) is 0 Å². The molecule has 0 aromatic heterocycles. The lowest BCUT2D eigenvalue weighted by atomic mass is 10.0. The van der Waals surface area contributed by atoms with Crippen LogP contribution < -0.4 is 5.32 Å². The summed E-state index contributed by atoms with van der Waals surface area (Å²) in [6, 6.07) is 9.71. The first kappa shape index (κ1) is 17.2. The summed E-state index contributed by atoms with van der Waals surface area (Å²) in [5.74, 6) is 0. The number of rotatable bonds is 9. The number of ether oxygens (including phenoxy) is 1. The Kier molecular flexibility index (Phi) is 7.82. The number of aryl methyl sites for hydroxylation is 1. The van der Waals surface area contributed by atoms with Crippen LogP contribution in [0.2, 0.25) is 0 Å². The third-order valence-corrected chi connectivity index (χ3v) is 3.97. The van der Waals surface area contributed by atoms with Gasteiger partial charge in [0.2, 0.25) is 0 Å². The van der Waals surface area contributed by atoms with E-state index in [0.29, 0.717) is 12.1 Å². The minimum absolute atomic E-state index is 0.416. The lowest BCUT2D eigenvalue weighted by Crippen LogP contribution is -2.38. The summed E-state index contributed by atoms with van der Waals surface area (Å²) >= 11 is 0. The van der Waals surface area contributed by atoms with Gasteiger partial charge in [0.15, 0.2) is 0 Å². The zero-order chi connectivity index (χ0) is 15.0. The second-order valence-electron chi connectivity index (χ2n) is 5.47. The van der Waals surface area contributed by atoms with Crippen LogP contribution in [0, 0.1) is 6.92 Å². The second kappa shape index (κ2) is 9.11. The van der Waals surface area contributed by atoms with Gasteiger partial charge in [-0.25, -0.2) is 0 Å². The van der Waals surface area contributed by atoms with Crippen molar-refractivity contribution in [1.29, 1.82) is 0 Å². The summed E-state index contributed by atoms with van der Waals surface area (Å²) in [5, 5.41) is 3.43. The van der Waals surface area contributed by atoms with Crippen molar-refractivity contribution in [3.05, 3.63) is 35.4 Å². The molecular formula is C17H30N2O. The Balaban J connectivity index is 2.57. The molecule has 1 aromatic rings. The highest BCUT2D eigenvalue weighted by atomic mass is 16.5. The molecule has 3 heteroatoms. The van der Waals surface area contributed by atoms with Crippen molar-refractivity contribution < 1.29 is 4.74 Å². The van der Waals surface area contributed by atoms with Crippen LogP contribution in [0.5, 0.6) is 0 Å². The first-order chi connectivity index (χ1) is 9.62. The lowest BCUT2D eigenvalue weighted by molar-refractivity contribution is 0.0998. The number of likely N-dealkylation sites (N-methyl/N-ethyl adjacent to an activating group) is 1. The molecular weight excluding hydrogens is 248 g/mol. The second-order valence-corrected chi connectivity index (χ2v) is 5.47. The molecule has 0 radical (unpaired) electrons. The Labute approximate surface area is 124 Å². The van der Waals surface area contributed by atoms with Crippen molar-refractivity contribution in [2.75, 3.05) is 33.9 Å². The standard InChI is InChI=1S/C17H30N2O/c1-6-19(15(3)13-20-5)12-11-17(18-4)16-9-7-14(2)8-10-16/h7-10,15,17-18H,6,11-13H2,1-5H3. The Morgan fingerprint density at radius 3 is 2.40 bits per heavy atom. The highest BCUT2D eigenvalue weighted by Crippen LogP contribution is 2.18. The van der Waals surface area contributed by atoms with Crippen LogP contribution in [-0.2, 0) is 4.74 Å². The van der Waals surface area contributed by atoms with E-state index in [-0.39, 0.29) is 0 Å². The maximum atomic E-state index is 5.26. The Hall–Kier alpha value is -0.900. The predicted octanol–water partition coefficient (Wildman–Crippen LogP) is 3.00. The quantitative estimate of drug-likeness (QED) is 0.751. The fourth-order valence-corrected chi connectivity index (χ4v) is 2.61. The van der Waals surface area contributed by atoms with Crippen LogP contribution in [-0.4, -0.2) is 44.8 Å². The zero-order valence-electron chi connectivity index (χ0n) is 13.6. The van der Waals surface area contributed by atoms with E-state index in [1.165, 1.54) is 11.1 Å². The van der Waals surface area contributed by atoms with Crippen molar-refractivity contribution in [3.63, 3.8) is 0 Å². The number of hydrogen-bond acceptors (Lipinski definition) is 3. The van der Waals surface area contributed by atoms with Gasteiger partial charge in [0.05, 0.1) is 6.61 Å². The first-order valence-electron chi connectivity index (χ1n) is 7.59. The fraction of sp³-hybridized carbons (Fsp3) is 0.647. The van der Waals surface area contributed by atoms with E-state index in [4.69, 9.17) is 4.74 Å². The molecule has 2 unspecified atom stereocenters. The van der Waals surface area contributed by atoms with E-state index in [1.807, 2.05) is 7.05 Å². The molecule has 0 saturated heterocycles. The average molecular weight is 278 g/mol. The molecule has 114 valence electrons. The maximum Gasteiger partial charge on any atom is 0.0615 e. The van der Waals surface area contributed by atoms with E-state index in [1.54, 1.807) is 7.11 Å². The number of hydrogen-bond donors (Lipinski definition) is 1. The van der Waals surface area contributed by atoms with Gasteiger partial charge in [-0.3, -0.25) is 4.90 Å². The molecule has 0 saturated carbocycles. The SMILES string of the molecule is CCN(CCC(NC)c1ccc(C)cc1)C(C)COC. The van der Waals surface area contributed by atoms with E-state index in [2.05, 4.69) is 55.3 Å². The summed E-state index contributed by atoms with van der Waals surface area (Å²) in [7, 11) is 3.81. The monoisotopic (exact) mass is 278 g/mol. The third-order valence-electron chi connectivity index (χ3n) is 3.97. The summed E-state index contributed by atoms with van der Waals surface area (Å²) in [4.78, 5) is 2.47. The average Bonchev–Trinajstić information content (AvgIpc) is 2.45. The minimum Gasteiger partial charge on any atom is -0.383 e. The van der Waals surface area contributed by atoms with Crippen LogP contribution in [0.3, 0.4) is 0 Å². The van der Waals surface area contributed by atoms with E-state index in [9.17, 15) is 0 Å². The van der Waals surface area contributed by atoms with Crippen molar-refractivity contribution in [3.8, 4) is 0 Å². The van der Waals surface area contributed by atoms with E-state index in [0.717, 1.165) is 26.1 Å². The molecule has 0 bridgehead atoms. The topological polar surface area (TPSA) is 24.5 Å². The molecule has 0 aliphatic rings. The highest BCUT2D eigenvalue weighted by Gasteiger charge is 2.15. The molecule has 0 aliphatic carbocycles. The summed E-state index contributed by atoms with van der Waals surface area (Å²) in [6.45, 7) is 9.51. The molecule has 0 heterocycles. The minimum atomic E-state index is 0.416.